The second-order valence-corrected chi connectivity index (χ2v) is 6.69. The molecule has 0 spiro atoms. The first-order valence-electron chi connectivity index (χ1n) is 3.84. The van der Waals surface area contributed by atoms with Gasteiger partial charge in [0.25, 0.3) is 0 Å². The van der Waals surface area contributed by atoms with Gasteiger partial charge in [0, 0.05) is 0 Å². The lowest BCUT2D eigenvalue weighted by Crippen LogP contribution is -2.23. The lowest BCUT2D eigenvalue weighted by atomic mass is 10.5. The fourth-order valence-electron chi connectivity index (χ4n) is 0.855. The number of halogens is 1. The number of hydrogen-bond acceptors (Lipinski definition) is 4. The van der Waals surface area contributed by atoms with E-state index in [0.29, 0.717) is 0 Å². The second-order valence-electron chi connectivity index (χ2n) is 2.58. The molecular weight excluding hydrogens is 318 g/mol. The van der Waals surface area contributed by atoms with Gasteiger partial charge < -0.3 is 5.11 Å². The number of sulfonamides is 1. The average Bonchev–Trinajstić information content (AvgIpc) is 2.58. The Morgan fingerprint density at radius 1 is 1.69 bits per heavy atom. The average molecular weight is 324 g/mol. The monoisotopic (exact) mass is 323 g/mol. The fraction of sp³-hybridized carbons (Fsp3) is 0.125. The standard InChI is InChI=1S/C8H6BrNO4S2/c1-2-3-10-16(13,14)6-4-5(8(11)12)15-7(6)9/h1,4,10H,3H2,(H,11,12). The topological polar surface area (TPSA) is 83.5 Å². The number of carbonyl (C=O) groups is 1. The summed E-state index contributed by atoms with van der Waals surface area (Å²) in [5, 5.41) is 8.71. The zero-order valence-corrected chi connectivity index (χ0v) is 10.9. The number of nitrogens with one attached hydrogen (secondary N) is 1. The van der Waals surface area contributed by atoms with Crippen molar-refractivity contribution in [3.63, 3.8) is 0 Å². The van der Waals surface area contributed by atoms with E-state index in [1.165, 1.54) is 0 Å². The van der Waals surface area contributed by atoms with Crippen LogP contribution in [-0.2, 0) is 10.0 Å². The van der Waals surface area contributed by atoms with Gasteiger partial charge >= 0.3 is 5.97 Å². The van der Waals surface area contributed by atoms with E-state index < -0.39 is 16.0 Å². The van der Waals surface area contributed by atoms with Gasteiger partial charge in [-0.3, -0.25) is 0 Å². The highest BCUT2D eigenvalue weighted by Crippen LogP contribution is 2.31. The highest BCUT2D eigenvalue weighted by molar-refractivity contribution is 9.11. The molecule has 0 saturated heterocycles. The van der Waals surface area contributed by atoms with Crippen molar-refractivity contribution in [2.24, 2.45) is 0 Å². The van der Waals surface area contributed by atoms with Crippen LogP contribution in [0.3, 0.4) is 0 Å². The quantitative estimate of drug-likeness (QED) is 0.813. The smallest absolute Gasteiger partial charge is 0.345 e. The maximum atomic E-state index is 11.6. The SMILES string of the molecule is C#CCNS(=O)(=O)c1cc(C(=O)O)sc1Br. The molecule has 0 unspecified atom stereocenters. The molecule has 5 nitrogen and oxygen atoms in total. The van der Waals surface area contributed by atoms with Crippen LogP contribution in [0.25, 0.3) is 0 Å². The summed E-state index contributed by atoms with van der Waals surface area (Å²) >= 11 is 3.83. The second kappa shape index (κ2) is 4.97. The minimum absolute atomic E-state index is 0.0621. The predicted molar refractivity (Wildman–Crippen MR) is 63.0 cm³/mol. The van der Waals surface area contributed by atoms with E-state index in [9.17, 15) is 13.2 Å². The van der Waals surface area contributed by atoms with Gasteiger partial charge in [-0.1, -0.05) is 5.92 Å². The van der Waals surface area contributed by atoms with Crippen molar-refractivity contribution in [2.45, 2.75) is 4.90 Å². The molecule has 86 valence electrons. The largest absolute Gasteiger partial charge is 0.477 e. The van der Waals surface area contributed by atoms with E-state index in [-0.39, 0.29) is 20.1 Å². The number of carboxylic acids is 1. The first-order valence-corrected chi connectivity index (χ1v) is 6.93. The molecule has 0 fully saturated rings. The number of aromatic carboxylic acids is 1. The summed E-state index contributed by atoms with van der Waals surface area (Å²) in [6.45, 7) is -0.146. The molecular formula is C8H6BrNO4S2. The summed E-state index contributed by atoms with van der Waals surface area (Å²) in [5.41, 5.74) is 0. The maximum absolute atomic E-state index is 11.6. The summed E-state index contributed by atoms with van der Waals surface area (Å²) in [6.07, 6.45) is 4.93. The van der Waals surface area contributed by atoms with Crippen LogP contribution in [0.4, 0.5) is 0 Å². The van der Waals surface area contributed by atoms with Crippen molar-refractivity contribution >= 4 is 43.3 Å². The van der Waals surface area contributed by atoms with Crippen molar-refractivity contribution in [3.05, 3.63) is 14.7 Å². The highest BCUT2D eigenvalue weighted by Gasteiger charge is 2.22. The number of terminal acetylenes is 1. The van der Waals surface area contributed by atoms with Crippen LogP contribution < -0.4 is 4.72 Å². The zero-order chi connectivity index (χ0) is 12.3. The van der Waals surface area contributed by atoms with Crippen LogP contribution in [0, 0.1) is 12.3 Å². The zero-order valence-electron chi connectivity index (χ0n) is 7.73. The van der Waals surface area contributed by atoms with Gasteiger partial charge in [0.05, 0.1) is 10.3 Å². The molecule has 0 atom stereocenters. The third-order valence-electron chi connectivity index (χ3n) is 1.52. The number of thiophene rings is 1. The van der Waals surface area contributed by atoms with Crippen molar-refractivity contribution in [1.29, 1.82) is 0 Å². The third kappa shape index (κ3) is 2.82. The molecule has 8 heteroatoms. The molecule has 0 aliphatic rings. The van der Waals surface area contributed by atoms with Crippen LogP contribution in [0.2, 0.25) is 0 Å². The van der Waals surface area contributed by atoms with E-state index in [2.05, 4.69) is 26.6 Å². The molecule has 0 radical (unpaired) electrons. The summed E-state index contributed by atoms with van der Waals surface area (Å²) < 4.78 is 25.6. The first-order chi connectivity index (χ1) is 7.38. The molecule has 0 bridgehead atoms. The van der Waals surface area contributed by atoms with Crippen LogP contribution in [0.5, 0.6) is 0 Å². The van der Waals surface area contributed by atoms with Gasteiger partial charge in [-0.15, -0.1) is 17.8 Å². The van der Waals surface area contributed by atoms with Crippen LogP contribution >= 0.6 is 27.3 Å². The Kier molecular flexibility index (Phi) is 4.09. The molecule has 0 aliphatic heterocycles. The molecule has 1 heterocycles. The molecule has 16 heavy (non-hydrogen) atoms. The van der Waals surface area contributed by atoms with E-state index in [1.807, 2.05) is 0 Å². The molecule has 0 saturated carbocycles. The van der Waals surface area contributed by atoms with Gasteiger partial charge in [-0.25, -0.2) is 13.2 Å². The van der Waals surface area contributed by atoms with Gasteiger partial charge in [0.2, 0.25) is 10.0 Å². The lowest BCUT2D eigenvalue weighted by Gasteiger charge is -2.00. The van der Waals surface area contributed by atoms with Gasteiger partial charge in [0.15, 0.2) is 0 Å². The van der Waals surface area contributed by atoms with Crippen LogP contribution in [-0.4, -0.2) is 26.0 Å². The molecule has 1 aromatic rings. The van der Waals surface area contributed by atoms with Gasteiger partial charge in [-0.05, 0) is 22.0 Å². The van der Waals surface area contributed by atoms with E-state index >= 15 is 0 Å². The summed E-state index contributed by atoms with van der Waals surface area (Å²) in [4.78, 5) is 10.5. The predicted octanol–water partition coefficient (Wildman–Crippen LogP) is 1.12. The molecule has 0 aromatic carbocycles. The Labute approximate surface area is 105 Å². The Morgan fingerprint density at radius 3 is 2.75 bits per heavy atom. The maximum Gasteiger partial charge on any atom is 0.345 e. The molecule has 1 rings (SSSR count). The highest BCUT2D eigenvalue weighted by atomic mass is 79.9. The number of carboxylic acid groups (broad SMARTS) is 1. The van der Waals surface area contributed by atoms with Crippen molar-refractivity contribution in [1.82, 2.24) is 4.72 Å². The van der Waals surface area contributed by atoms with Crippen LogP contribution in [0.15, 0.2) is 14.7 Å². The molecule has 0 amide bonds. The normalized spacial score (nSPS) is 11.0. The summed E-state index contributed by atoms with van der Waals surface area (Å²) in [7, 11) is -3.76. The minimum Gasteiger partial charge on any atom is -0.477 e. The fourth-order valence-corrected chi connectivity index (χ4v) is 4.19. The van der Waals surface area contributed by atoms with Gasteiger partial charge in [-0.2, -0.15) is 4.72 Å². The van der Waals surface area contributed by atoms with E-state index in [0.717, 1.165) is 17.4 Å². The van der Waals surface area contributed by atoms with E-state index in [1.54, 1.807) is 0 Å². The summed E-state index contributed by atoms with van der Waals surface area (Å²) in [6, 6.07) is 1.08. The Hall–Kier alpha value is -0.880. The molecule has 2 N–H and O–H groups in total. The van der Waals surface area contributed by atoms with E-state index in [4.69, 9.17) is 11.5 Å². The lowest BCUT2D eigenvalue weighted by molar-refractivity contribution is 0.0702. The number of rotatable bonds is 4. The third-order valence-corrected chi connectivity index (χ3v) is 5.16. The molecule has 0 aliphatic carbocycles. The van der Waals surface area contributed by atoms with Crippen molar-refractivity contribution < 1.29 is 18.3 Å². The van der Waals surface area contributed by atoms with Crippen molar-refractivity contribution in [2.75, 3.05) is 6.54 Å². The molecule has 1 aromatic heterocycles. The van der Waals surface area contributed by atoms with Gasteiger partial charge in [0.1, 0.15) is 9.77 Å². The Bertz CT molecular complexity index is 555. The summed E-state index contributed by atoms with van der Waals surface area (Å²) in [5.74, 6) is 0.947. The Morgan fingerprint density at radius 2 is 2.31 bits per heavy atom. The number of hydrogen-bond donors (Lipinski definition) is 2. The minimum atomic E-state index is -3.76. The Balaban J connectivity index is 3.14. The first kappa shape index (κ1) is 13.2. The van der Waals surface area contributed by atoms with Crippen LogP contribution in [0.1, 0.15) is 9.67 Å². The van der Waals surface area contributed by atoms with Crippen molar-refractivity contribution in [3.8, 4) is 12.3 Å².